The Morgan fingerprint density at radius 1 is 1.11 bits per heavy atom. The van der Waals surface area contributed by atoms with E-state index in [0.717, 1.165) is 11.6 Å². The second-order valence-corrected chi connectivity index (χ2v) is 8.37. The van der Waals surface area contributed by atoms with Crippen molar-refractivity contribution in [3.05, 3.63) is 69.8 Å². The summed E-state index contributed by atoms with van der Waals surface area (Å²) in [7, 11) is -1.91. The molecule has 2 aromatic rings. The summed E-state index contributed by atoms with van der Waals surface area (Å²) in [5.41, 5.74) is 1.19. The van der Waals surface area contributed by atoms with Gasteiger partial charge in [0.25, 0.3) is 5.69 Å². The van der Waals surface area contributed by atoms with Crippen LogP contribution in [-0.2, 0) is 10.0 Å². The smallest absolute Gasteiger partial charge is 0.270 e. The van der Waals surface area contributed by atoms with E-state index in [9.17, 15) is 18.5 Å². The molecule has 9 heteroatoms. The minimum atomic E-state index is -3.87. The van der Waals surface area contributed by atoms with Gasteiger partial charge in [-0.05, 0) is 25.1 Å². The molecule has 0 N–H and O–H groups in total. The Hall–Kier alpha value is -2.00. The van der Waals surface area contributed by atoms with Gasteiger partial charge in [0.05, 0.1) is 15.9 Å². The fraction of sp³-hybridized carbons (Fsp3) is 0.333. The van der Waals surface area contributed by atoms with Crippen LogP contribution in [0.2, 0.25) is 0 Å². The highest BCUT2D eigenvalue weighted by molar-refractivity contribution is 7.89. The van der Waals surface area contributed by atoms with Gasteiger partial charge in [-0.25, -0.2) is 8.42 Å². The van der Waals surface area contributed by atoms with E-state index in [-0.39, 0.29) is 29.0 Å². The molecule has 1 atom stereocenters. The maximum absolute atomic E-state index is 13.4. The van der Waals surface area contributed by atoms with Crippen LogP contribution in [0.4, 0.5) is 5.69 Å². The average Bonchev–Trinajstić information content (AvgIpc) is 2.62. The number of nitro groups is 1. The molecular formula is C18H22ClN3O4S. The summed E-state index contributed by atoms with van der Waals surface area (Å²) in [6.45, 7) is 3.17. The molecule has 0 radical (unpaired) electrons. The van der Waals surface area contributed by atoms with Crippen LogP contribution < -0.4 is 0 Å². The van der Waals surface area contributed by atoms with Crippen molar-refractivity contribution in [2.45, 2.75) is 17.9 Å². The number of aryl methyl sites for hydroxylation is 1. The molecule has 1 aliphatic rings. The summed E-state index contributed by atoms with van der Waals surface area (Å²) in [5, 5.41) is 11.1. The molecule has 0 aromatic heterocycles. The third kappa shape index (κ3) is 4.30. The van der Waals surface area contributed by atoms with Crippen LogP contribution >= 0.6 is 12.4 Å². The van der Waals surface area contributed by atoms with Gasteiger partial charge in [0.15, 0.2) is 0 Å². The second kappa shape index (κ2) is 8.35. The van der Waals surface area contributed by atoms with Crippen molar-refractivity contribution in [2.24, 2.45) is 0 Å². The molecule has 7 nitrogen and oxygen atoms in total. The Labute approximate surface area is 165 Å². The predicted octanol–water partition coefficient (Wildman–Crippen LogP) is 3.00. The van der Waals surface area contributed by atoms with Crippen molar-refractivity contribution in [3.8, 4) is 0 Å². The fourth-order valence-electron chi connectivity index (χ4n) is 3.24. The van der Waals surface area contributed by atoms with Gasteiger partial charge in [0.1, 0.15) is 0 Å². The van der Waals surface area contributed by atoms with Gasteiger partial charge in [-0.15, -0.1) is 12.4 Å². The minimum Gasteiger partial charge on any atom is -0.303 e. The minimum absolute atomic E-state index is 0. The lowest BCUT2D eigenvalue weighted by Gasteiger charge is -2.39. The standard InChI is InChI=1S/C18H21N3O4S.ClH/c1-14-8-9-16(21(22)23)12-18(14)26(24,25)20-11-10-19(2)13-17(20)15-6-4-3-5-7-15;/h3-9,12,17H,10-11,13H2,1-2H3;1H. The third-order valence-electron chi connectivity index (χ3n) is 4.69. The molecule has 0 aliphatic carbocycles. The monoisotopic (exact) mass is 411 g/mol. The Morgan fingerprint density at radius 2 is 1.78 bits per heavy atom. The van der Waals surface area contributed by atoms with E-state index in [1.807, 2.05) is 37.4 Å². The number of likely N-dealkylation sites (N-methyl/N-ethyl adjacent to an activating group) is 1. The molecule has 1 saturated heterocycles. The van der Waals surface area contributed by atoms with Crippen molar-refractivity contribution in [1.29, 1.82) is 0 Å². The fourth-order valence-corrected chi connectivity index (χ4v) is 5.09. The predicted molar refractivity (Wildman–Crippen MR) is 106 cm³/mol. The number of sulfonamides is 1. The normalized spacial score (nSPS) is 18.7. The molecule has 1 fully saturated rings. The first-order chi connectivity index (χ1) is 12.3. The summed E-state index contributed by atoms with van der Waals surface area (Å²) in [6.07, 6.45) is 0. The summed E-state index contributed by atoms with van der Waals surface area (Å²) in [4.78, 5) is 12.6. The van der Waals surface area contributed by atoms with E-state index in [1.165, 1.54) is 16.4 Å². The van der Waals surface area contributed by atoms with Crippen LogP contribution in [0.3, 0.4) is 0 Å². The number of hydrogen-bond acceptors (Lipinski definition) is 5. The molecule has 0 bridgehead atoms. The Bertz CT molecular complexity index is 921. The van der Waals surface area contributed by atoms with E-state index >= 15 is 0 Å². The maximum Gasteiger partial charge on any atom is 0.270 e. The van der Waals surface area contributed by atoms with E-state index in [0.29, 0.717) is 25.2 Å². The molecule has 146 valence electrons. The highest BCUT2D eigenvalue weighted by Gasteiger charge is 2.37. The van der Waals surface area contributed by atoms with E-state index in [2.05, 4.69) is 4.90 Å². The van der Waals surface area contributed by atoms with Gasteiger partial charge in [0.2, 0.25) is 10.0 Å². The van der Waals surface area contributed by atoms with Crippen molar-refractivity contribution < 1.29 is 13.3 Å². The number of nitrogens with zero attached hydrogens (tertiary/aromatic N) is 3. The number of halogens is 1. The Morgan fingerprint density at radius 3 is 2.41 bits per heavy atom. The van der Waals surface area contributed by atoms with Gasteiger partial charge < -0.3 is 4.90 Å². The van der Waals surface area contributed by atoms with Gasteiger partial charge in [-0.3, -0.25) is 10.1 Å². The highest BCUT2D eigenvalue weighted by Crippen LogP contribution is 2.33. The van der Waals surface area contributed by atoms with Crippen molar-refractivity contribution in [2.75, 3.05) is 26.7 Å². The molecular weight excluding hydrogens is 390 g/mol. The Kier molecular flexibility index (Phi) is 6.59. The number of hydrogen-bond donors (Lipinski definition) is 0. The molecule has 27 heavy (non-hydrogen) atoms. The van der Waals surface area contributed by atoms with Crippen LogP contribution in [0.5, 0.6) is 0 Å². The van der Waals surface area contributed by atoms with Crippen molar-refractivity contribution >= 4 is 28.1 Å². The molecule has 0 saturated carbocycles. The number of benzene rings is 2. The quantitative estimate of drug-likeness (QED) is 0.570. The van der Waals surface area contributed by atoms with E-state index in [4.69, 9.17) is 0 Å². The number of rotatable bonds is 4. The molecule has 0 spiro atoms. The molecule has 1 aliphatic heterocycles. The van der Waals surface area contributed by atoms with Crippen LogP contribution in [0.25, 0.3) is 0 Å². The van der Waals surface area contributed by atoms with Crippen LogP contribution in [0, 0.1) is 17.0 Å². The first-order valence-electron chi connectivity index (χ1n) is 8.31. The lowest BCUT2D eigenvalue weighted by atomic mass is 10.1. The van der Waals surface area contributed by atoms with E-state index < -0.39 is 14.9 Å². The zero-order valence-electron chi connectivity index (χ0n) is 15.1. The summed E-state index contributed by atoms with van der Waals surface area (Å²) in [6, 6.07) is 13.1. The zero-order valence-corrected chi connectivity index (χ0v) is 16.7. The van der Waals surface area contributed by atoms with Crippen LogP contribution in [0.15, 0.2) is 53.4 Å². The van der Waals surface area contributed by atoms with Gasteiger partial charge in [-0.1, -0.05) is 36.4 Å². The van der Waals surface area contributed by atoms with E-state index in [1.54, 1.807) is 6.92 Å². The molecule has 0 amide bonds. The van der Waals surface area contributed by atoms with Gasteiger partial charge >= 0.3 is 0 Å². The largest absolute Gasteiger partial charge is 0.303 e. The third-order valence-corrected chi connectivity index (χ3v) is 6.74. The number of nitro benzene ring substituents is 1. The second-order valence-electron chi connectivity index (χ2n) is 6.51. The first kappa shape index (κ1) is 21.3. The lowest BCUT2D eigenvalue weighted by molar-refractivity contribution is -0.385. The van der Waals surface area contributed by atoms with Crippen molar-refractivity contribution in [3.63, 3.8) is 0 Å². The molecule has 2 aromatic carbocycles. The number of piperazine rings is 1. The Balaban J connectivity index is 0.00000261. The summed E-state index contributed by atoms with van der Waals surface area (Å²) < 4.78 is 28.2. The first-order valence-corrected chi connectivity index (χ1v) is 9.75. The molecule has 1 unspecified atom stereocenters. The van der Waals surface area contributed by atoms with Gasteiger partial charge in [-0.2, -0.15) is 4.31 Å². The van der Waals surface area contributed by atoms with Gasteiger partial charge in [0, 0.05) is 31.8 Å². The lowest BCUT2D eigenvalue weighted by Crippen LogP contribution is -2.49. The van der Waals surface area contributed by atoms with Crippen LogP contribution in [-0.4, -0.2) is 49.2 Å². The van der Waals surface area contributed by atoms with Crippen molar-refractivity contribution in [1.82, 2.24) is 9.21 Å². The maximum atomic E-state index is 13.4. The zero-order chi connectivity index (χ0) is 18.9. The molecule has 3 rings (SSSR count). The average molecular weight is 412 g/mol. The molecule has 1 heterocycles. The SMILES string of the molecule is Cc1ccc([N+](=O)[O-])cc1S(=O)(=O)N1CCN(C)CC1c1ccccc1.Cl. The summed E-state index contributed by atoms with van der Waals surface area (Å²) >= 11 is 0. The topological polar surface area (TPSA) is 83.8 Å². The summed E-state index contributed by atoms with van der Waals surface area (Å²) in [5.74, 6) is 0. The van der Waals surface area contributed by atoms with Crippen LogP contribution in [0.1, 0.15) is 17.2 Å². The highest BCUT2D eigenvalue weighted by atomic mass is 35.5. The number of non-ortho nitro benzene ring substituents is 1.